The molecule has 0 spiro atoms. The van der Waals surface area contributed by atoms with E-state index in [1.807, 2.05) is 0 Å². The number of primary sulfonamides is 1. The van der Waals surface area contributed by atoms with Crippen LogP contribution in [0.2, 0.25) is 0 Å². The van der Waals surface area contributed by atoms with Crippen molar-refractivity contribution in [2.75, 3.05) is 5.32 Å². The Morgan fingerprint density at radius 2 is 1.96 bits per heavy atom. The lowest BCUT2D eigenvalue weighted by Gasteiger charge is -2.10. The van der Waals surface area contributed by atoms with Crippen LogP contribution in [0, 0.1) is 0 Å². The maximum absolute atomic E-state index is 12.2. The first-order chi connectivity index (χ1) is 11.2. The molecular formula is C15H15N3O5S. The van der Waals surface area contributed by atoms with E-state index in [0.717, 1.165) is 6.07 Å². The first kappa shape index (κ1) is 17.6. The second-order valence-corrected chi connectivity index (χ2v) is 6.44. The minimum Gasteiger partial charge on any atom is -0.477 e. The van der Waals surface area contributed by atoms with Gasteiger partial charge in [0.1, 0.15) is 5.69 Å². The fraction of sp³-hybridized carbons (Fsp3) is 0.133. The second-order valence-electron chi connectivity index (χ2n) is 4.91. The predicted octanol–water partition coefficient (Wildman–Crippen LogP) is 1.24. The van der Waals surface area contributed by atoms with E-state index in [-0.39, 0.29) is 21.8 Å². The van der Waals surface area contributed by atoms with Gasteiger partial charge in [0, 0.05) is 17.4 Å². The number of pyridine rings is 1. The van der Waals surface area contributed by atoms with Gasteiger partial charge in [0.15, 0.2) is 0 Å². The molecule has 0 saturated carbocycles. The second kappa shape index (κ2) is 6.77. The van der Waals surface area contributed by atoms with Crippen molar-refractivity contribution in [2.45, 2.75) is 18.2 Å². The van der Waals surface area contributed by atoms with Gasteiger partial charge >= 0.3 is 5.97 Å². The number of benzene rings is 1. The SMILES string of the molecule is CCc1ccc(NC(=O)c2ccnc(C(=O)O)c2)cc1S(N)(=O)=O. The fourth-order valence-electron chi connectivity index (χ4n) is 2.08. The molecule has 8 nitrogen and oxygen atoms in total. The molecule has 0 saturated heterocycles. The molecule has 24 heavy (non-hydrogen) atoms. The van der Waals surface area contributed by atoms with Crippen LogP contribution in [0.25, 0.3) is 0 Å². The third-order valence-electron chi connectivity index (χ3n) is 3.25. The summed E-state index contributed by atoms with van der Waals surface area (Å²) in [7, 11) is -3.93. The maximum atomic E-state index is 12.2. The van der Waals surface area contributed by atoms with Gasteiger partial charge in [-0.25, -0.2) is 23.3 Å². The van der Waals surface area contributed by atoms with Gasteiger partial charge in [0.25, 0.3) is 5.91 Å². The van der Waals surface area contributed by atoms with Gasteiger partial charge in [-0.2, -0.15) is 0 Å². The standard InChI is InChI=1S/C15H15N3O5S/c1-2-9-3-4-11(8-13(9)24(16,22)23)18-14(19)10-5-6-17-12(7-10)15(20)21/h3-8H,2H2,1H3,(H,18,19)(H,20,21)(H2,16,22,23). The molecule has 0 aliphatic carbocycles. The first-order valence-corrected chi connectivity index (χ1v) is 8.43. The van der Waals surface area contributed by atoms with Crippen molar-refractivity contribution >= 4 is 27.6 Å². The largest absolute Gasteiger partial charge is 0.477 e. The van der Waals surface area contributed by atoms with Gasteiger partial charge in [0.05, 0.1) is 4.90 Å². The molecule has 0 radical (unpaired) electrons. The highest BCUT2D eigenvalue weighted by Crippen LogP contribution is 2.21. The molecule has 0 fully saturated rings. The number of carbonyl (C=O) groups excluding carboxylic acids is 1. The van der Waals surface area contributed by atoms with Crippen molar-refractivity contribution < 1.29 is 23.1 Å². The number of nitrogens with zero attached hydrogens (tertiary/aromatic N) is 1. The Kier molecular flexibility index (Phi) is 4.96. The number of amides is 1. The van der Waals surface area contributed by atoms with Crippen molar-refractivity contribution in [3.63, 3.8) is 0 Å². The van der Waals surface area contributed by atoms with Crippen molar-refractivity contribution in [1.29, 1.82) is 0 Å². The molecule has 0 unspecified atom stereocenters. The third-order valence-corrected chi connectivity index (χ3v) is 4.25. The van der Waals surface area contributed by atoms with E-state index in [2.05, 4.69) is 10.3 Å². The topological polar surface area (TPSA) is 139 Å². The number of aryl methyl sites for hydroxylation is 1. The van der Waals surface area contributed by atoms with Gasteiger partial charge in [-0.3, -0.25) is 4.79 Å². The lowest BCUT2D eigenvalue weighted by atomic mass is 10.1. The number of aromatic nitrogens is 1. The molecule has 1 amide bonds. The summed E-state index contributed by atoms with van der Waals surface area (Å²) in [6, 6.07) is 6.85. The summed E-state index contributed by atoms with van der Waals surface area (Å²) in [6.07, 6.45) is 1.67. The maximum Gasteiger partial charge on any atom is 0.354 e. The van der Waals surface area contributed by atoms with Crippen LogP contribution in [-0.4, -0.2) is 30.4 Å². The van der Waals surface area contributed by atoms with Gasteiger partial charge in [-0.15, -0.1) is 0 Å². The molecule has 1 aromatic heterocycles. The predicted molar refractivity (Wildman–Crippen MR) is 86.3 cm³/mol. The Hall–Kier alpha value is -2.78. The molecule has 0 aliphatic rings. The molecule has 9 heteroatoms. The van der Waals surface area contributed by atoms with Crippen LogP contribution in [0.4, 0.5) is 5.69 Å². The third kappa shape index (κ3) is 3.94. The highest BCUT2D eigenvalue weighted by Gasteiger charge is 2.16. The number of nitrogens with two attached hydrogens (primary N) is 1. The van der Waals surface area contributed by atoms with E-state index >= 15 is 0 Å². The Balaban J connectivity index is 2.33. The molecule has 0 aliphatic heterocycles. The number of hydrogen-bond acceptors (Lipinski definition) is 5. The zero-order chi connectivity index (χ0) is 17.9. The van der Waals surface area contributed by atoms with E-state index < -0.39 is 21.9 Å². The van der Waals surface area contributed by atoms with E-state index in [1.165, 1.54) is 18.3 Å². The summed E-state index contributed by atoms with van der Waals surface area (Å²) in [6.45, 7) is 1.78. The van der Waals surface area contributed by atoms with Gasteiger partial charge in [-0.1, -0.05) is 13.0 Å². The summed E-state index contributed by atoms with van der Waals surface area (Å²) in [5.41, 5.74) is 0.579. The normalized spacial score (nSPS) is 11.1. The van der Waals surface area contributed by atoms with Gasteiger partial charge in [-0.05, 0) is 36.2 Å². The monoisotopic (exact) mass is 349 g/mol. The molecule has 1 heterocycles. The average molecular weight is 349 g/mol. The number of carboxylic acids is 1. The van der Waals surface area contributed by atoms with Gasteiger partial charge in [0.2, 0.25) is 10.0 Å². The minimum atomic E-state index is -3.93. The lowest BCUT2D eigenvalue weighted by molar-refractivity contribution is 0.0690. The number of rotatable bonds is 5. The fourth-order valence-corrected chi connectivity index (χ4v) is 2.95. The summed E-state index contributed by atoms with van der Waals surface area (Å²) in [5, 5.41) is 16.6. The number of nitrogens with one attached hydrogen (secondary N) is 1. The van der Waals surface area contributed by atoms with Crippen LogP contribution in [-0.2, 0) is 16.4 Å². The van der Waals surface area contributed by atoms with Crippen LogP contribution < -0.4 is 10.5 Å². The van der Waals surface area contributed by atoms with E-state index in [0.29, 0.717) is 12.0 Å². The zero-order valence-corrected chi connectivity index (χ0v) is 13.5. The molecule has 0 bridgehead atoms. The molecule has 1 aromatic carbocycles. The van der Waals surface area contributed by atoms with Crippen molar-refractivity contribution in [2.24, 2.45) is 5.14 Å². The number of carbonyl (C=O) groups is 2. The summed E-state index contributed by atoms with van der Waals surface area (Å²) in [5.74, 6) is -1.85. The molecular weight excluding hydrogens is 334 g/mol. The quantitative estimate of drug-likeness (QED) is 0.742. The molecule has 2 aromatic rings. The number of hydrogen-bond donors (Lipinski definition) is 3. The highest BCUT2D eigenvalue weighted by atomic mass is 32.2. The highest BCUT2D eigenvalue weighted by molar-refractivity contribution is 7.89. The summed E-state index contributed by atoms with van der Waals surface area (Å²) in [4.78, 5) is 26.6. The minimum absolute atomic E-state index is 0.0660. The van der Waals surface area contributed by atoms with Crippen LogP contribution in [0.1, 0.15) is 33.3 Å². The first-order valence-electron chi connectivity index (χ1n) is 6.88. The van der Waals surface area contributed by atoms with Crippen LogP contribution in [0.5, 0.6) is 0 Å². The smallest absolute Gasteiger partial charge is 0.354 e. The Bertz CT molecular complexity index is 909. The number of sulfonamides is 1. The number of aromatic carboxylic acids is 1. The Morgan fingerprint density at radius 3 is 2.54 bits per heavy atom. The molecule has 0 atom stereocenters. The van der Waals surface area contributed by atoms with Crippen LogP contribution in [0.3, 0.4) is 0 Å². The van der Waals surface area contributed by atoms with Crippen LogP contribution in [0.15, 0.2) is 41.4 Å². The molecule has 126 valence electrons. The Morgan fingerprint density at radius 1 is 1.25 bits per heavy atom. The average Bonchev–Trinajstić information content (AvgIpc) is 2.54. The van der Waals surface area contributed by atoms with Crippen molar-refractivity contribution in [1.82, 2.24) is 4.98 Å². The molecule has 4 N–H and O–H groups in total. The number of carboxylic acid groups (broad SMARTS) is 1. The zero-order valence-electron chi connectivity index (χ0n) is 12.7. The molecule has 2 rings (SSSR count). The Labute approximate surface area is 138 Å². The van der Waals surface area contributed by atoms with E-state index in [9.17, 15) is 18.0 Å². The van der Waals surface area contributed by atoms with Crippen molar-refractivity contribution in [3.05, 3.63) is 53.3 Å². The van der Waals surface area contributed by atoms with E-state index in [4.69, 9.17) is 10.2 Å². The summed E-state index contributed by atoms with van der Waals surface area (Å²) < 4.78 is 23.3. The van der Waals surface area contributed by atoms with E-state index in [1.54, 1.807) is 19.1 Å². The summed E-state index contributed by atoms with van der Waals surface area (Å²) >= 11 is 0. The van der Waals surface area contributed by atoms with Crippen LogP contribution >= 0.6 is 0 Å². The lowest BCUT2D eigenvalue weighted by Crippen LogP contribution is -2.17. The van der Waals surface area contributed by atoms with Crippen molar-refractivity contribution in [3.8, 4) is 0 Å². The number of anilines is 1. The van der Waals surface area contributed by atoms with Gasteiger partial charge < -0.3 is 10.4 Å².